The molecule has 2 unspecified atom stereocenters. The maximum atomic E-state index is 14.6. The summed E-state index contributed by atoms with van der Waals surface area (Å²) in [5.74, 6) is 5.64. The molecule has 3 aromatic rings. The molecule has 1 fully saturated rings. The van der Waals surface area contributed by atoms with Crippen molar-refractivity contribution in [3.05, 3.63) is 102 Å². The Morgan fingerprint density at radius 3 is 2.83 bits per heavy atom. The molecule has 4 rings (SSSR count). The highest BCUT2D eigenvalue weighted by molar-refractivity contribution is 5.46. The van der Waals surface area contributed by atoms with Gasteiger partial charge in [-0.2, -0.15) is 4.39 Å². The smallest absolute Gasteiger partial charge is 0.217 e. The van der Waals surface area contributed by atoms with E-state index in [9.17, 15) is 4.39 Å². The van der Waals surface area contributed by atoms with Crippen LogP contribution in [0.4, 0.5) is 4.39 Å². The molecule has 1 saturated heterocycles. The summed E-state index contributed by atoms with van der Waals surface area (Å²) in [4.78, 5) is 11.1. The molecule has 2 atom stereocenters. The van der Waals surface area contributed by atoms with Crippen molar-refractivity contribution in [2.45, 2.75) is 37.9 Å². The van der Waals surface area contributed by atoms with Crippen LogP contribution in [0.3, 0.4) is 0 Å². The number of imidazole rings is 1. The number of rotatable bonds is 10. The summed E-state index contributed by atoms with van der Waals surface area (Å²) < 4.78 is 16.6. The number of hydrogen-bond acceptors (Lipinski definition) is 8. The minimum Gasteiger partial charge on any atom is -0.403 e. The first-order chi connectivity index (χ1) is 17.0. The molecule has 0 aromatic carbocycles. The average molecular weight is 478 g/mol. The highest BCUT2D eigenvalue weighted by Crippen LogP contribution is 2.30. The van der Waals surface area contributed by atoms with Crippen LogP contribution in [0.5, 0.6) is 0 Å². The first-order valence-corrected chi connectivity index (χ1v) is 11.5. The molecule has 0 spiro atoms. The van der Waals surface area contributed by atoms with Gasteiger partial charge in [0.1, 0.15) is 11.9 Å². The zero-order valence-corrected chi connectivity index (χ0v) is 19.6. The molecular weight excluding hydrogens is 445 g/mol. The van der Waals surface area contributed by atoms with Gasteiger partial charge in [-0.25, -0.2) is 9.97 Å². The molecule has 1 aliphatic rings. The summed E-state index contributed by atoms with van der Waals surface area (Å²) in [6.07, 6.45) is 7.51. The van der Waals surface area contributed by atoms with Crippen LogP contribution in [0, 0.1) is 5.95 Å². The number of pyridine rings is 2. The van der Waals surface area contributed by atoms with Gasteiger partial charge < -0.3 is 31.5 Å². The summed E-state index contributed by atoms with van der Waals surface area (Å²) in [7, 11) is 0. The zero-order valence-electron chi connectivity index (χ0n) is 19.6. The molecule has 35 heavy (non-hydrogen) atoms. The Morgan fingerprint density at radius 1 is 1.29 bits per heavy atom. The molecule has 0 saturated carbocycles. The first kappa shape index (κ1) is 24.2. The zero-order chi connectivity index (χ0) is 24.9. The van der Waals surface area contributed by atoms with E-state index in [1.54, 1.807) is 18.3 Å². The van der Waals surface area contributed by atoms with Crippen molar-refractivity contribution < 1.29 is 4.39 Å². The van der Waals surface area contributed by atoms with Crippen molar-refractivity contribution in [3.8, 4) is 0 Å². The maximum Gasteiger partial charge on any atom is 0.217 e. The van der Waals surface area contributed by atoms with E-state index in [0.29, 0.717) is 29.2 Å². The number of aromatic nitrogens is 3. The molecule has 0 aliphatic carbocycles. The standard InChI is InChI=1S/C25H32FN9/c1-16(12-19(14-28)33-29)34-11-5-7-22(34)17(2)31-23(21-9-8-18(13-27)24(26)32-21)25-30-15-20-6-3-4-10-35(20)25/h3-4,6,8-10,14-15,22-23,31,33H,1-2,5,7,11-13,27-29H2/b19-14-. The largest absolute Gasteiger partial charge is 0.403 e. The Morgan fingerprint density at radius 2 is 2.11 bits per heavy atom. The highest BCUT2D eigenvalue weighted by atomic mass is 19.1. The van der Waals surface area contributed by atoms with E-state index >= 15 is 0 Å². The Kier molecular flexibility index (Phi) is 7.33. The van der Waals surface area contributed by atoms with Gasteiger partial charge in [-0.1, -0.05) is 25.3 Å². The van der Waals surface area contributed by atoms with Gasteiger partial charge in [-0.3, -0.25) is 5.84 Å². The average Bonchev–Trinajstić information content (AvgIpc) is 3.53. The fraction of sp³-hybridized carbons (Fsp3) is 0.280. The number of nitrogens with zero attached hydrogens (tertiary/aromatic N) is 4. The second-order valence-electron chi connectivity index (χ2n) is 8.54. The van der Waals surface area contributed by atoms with Crippen molar-refractivity contribution >= 4 is 5.52 Å². The lowest BCUT2D eigenvalue weighted by Gasteiger charge is -2.32. The number of hydrogen-bond donors (Lipinski definition) is 5. The number of nitrogens with one attached hydrogen (secondary N) is 2. The number of hydrazine groups is 1. The van der Waals surface area contributed by atoms with Gasteiger partial charge in [0.25, 0.3) is 0 Å². The van der Waals surface area contributed by atoms with E-state index in [1.165, 1.54) is 6.20 Å². The van der Waals surface area contributed by atoms with Gasteiger partial charge in [0, 0.05) is 54.6 Å². The van der Waals surface area contributed by atoms with Crippen LogP contribution in [0.2, 0.25) is 0 Å². The van der Waals surface area contributed by atoms with Crippen molar-refractivity contribution in [1.82, 2.24) is 30.0 Å². The van der Waals surface area contributed by atoms with E-state index < -0.39 is 12.0 Å². The molecule has 9 nitrogen and oxygen atoms in total. The Balaban J connectivity index is 1.65. The number of fused-ring (bicyclic) bond motifs is 1. The van der Waals surface area contributed by atoms with Crippen molar-refractivity contribution in [2.75, 3.05) is 6.54 Å². The number of nitrogens with two attached hydrogens (primary N) is 3. The van der Waals surface area contributed by atoms with E-state index in [1.807, 2.05) is 28.8 Å². The van der Waals surface area contributed by atoms with Gasteiger partial charge in [0.05, 0.1) is 23.4 Å². The van der Waals surface area contributed by atoms with Gasteiger partial charge in [-0.05, 0) is 31.0 Å². The lowest BCUT2D eigenvalue weighted by atomic mass is 10.1. The molecule has 0 bridgehead atoms. The predicted molar refractivity (Wildman–Crippen MR) is 134 cm³/mol. The predicted octanol–water partition coefficient (Wildman–Crippen LogP) is 2.15. The summed E-state index contributed by atoms with van der Waals surface area (Å²) in [6.45, 7) is 9.50. The minimum absolute atomic E-state index is 0.0128. The topological polar surface area (TPSA) is 136 Å². The second kappa shape index (κ2) is 10.6. The Labute approximate surface area is 204 Å². The number of likely N-dealkylation sites (tertiary alicyclic amines) is 1. The van der Waals surface area contributed by atoms with Crippen molar-refractivity contribution in [3.63, 3.8) is 0 Å². The first-order valence-electron chi connectivity index (χ1n) is 11.5. The Hall–Kier alpha value is -3.89. The monoisotopic (exact) mass is 477 g/mol. The molecular formula is C25H32FN9. The summed E-state index contributed by atoms with van der Waals surface area (Å²) in [5.41, 5.74) is 18.0. The lowest BCUT2D eigenvalue weighted by molar-refractivity contribution is 0.331. The fourth-order valence-corrected chi connectivity index (χ4v) is 4.51. The Bertz CT molecular complexity index is 1250. The third-order valence-corrected chi connectivity index (χ3v) is 6.36. The van der Waals surface area contributed by atoms with Crippen LogP contribution in [0.25, 0.3) is 5.52 Å². The van der Waals surface area contributed by atoms with Gasteiger partial charge >= 0.3 is 0 Å². The third-order valence-electron chi connectivity index (χ3n) is 6.36. The third kappa shape index (κ3) is 4.98. The van der Waals surface area contributed by atoms with Crippen molar-refractivity contribution in [2.24, 2.45) is 17.3 Å². The van der Waals surface area contributed by atoms with Gasteiger partial charge in [-0.15, -0.1) is 0 Å². The van der Waals surface area contributed by atoms with Gasteiger partial charge in [0.2, 0.25) is 5.95 Å². The summed E-state index contributed by atoms with van der Waals surface area (Å²) in [5, 5.41) is 3.50. The van der Waals surface area contributed by atoms with Gasteiger partial charge in [0.15, 0.2) is 0 Å². The molecule has 4 heterocycles. The van der Waals surface area contributed by atoms with E-state index in [0.717, 1.165) is 36.3 Å². The highest BCUT2D eigenvalue weighted by Gasteiger charge is 2.31. The van der Waals surface area contributed by atoms with Crippen LogP contribution in [-0.4, -0.2) is 31.9 Å². The molecule has 1 aliphatic heterocycles. The van der Waals surface area contributed by atoms with Crippen LogP contribution in [0.15, 0.2) is 79.2 Å². The van der Waals surface area contributed by atoms with Crippen LogP contribution >= 0.6 is 0 Å². The van der Waals surface area contributed by atoms with Crippen LogP contribution < -0.4 is 28.1 Å². The van der Waals surface area contributed by atoms with Crippen molar-refractivity contribution in [1.29, 1.82) is 0 Å². The molecule has 3 aromatic heterocycles. The fourth-order valence-electron chi connectivity index (χ4n) is 4.51. The molecule has 184 valence electrons. The summed E-state index contributed by atoms with van der Waals surface area (Å²) in [6, 6.07) is 8.72. The quantitative estimate of drug-likeness (QED) is 0.170. The molecule has 8 N–H and O–H groups in total. The second-order valence-corrected chi connectivity index (χ2v) is 8.54. The molecule has 10 heteroatoms. The summed E-state index contributed by atoms with van der Waals surface area (Å²) >= 11 is 0. The van der Waals surface area contributed by atoms with E-state index in [4.69, 9.17) is 17.3 Å². The minimum atomic E-state index is -0.588. The van der Waals surface area contributed by atoms with E-state index in [2.05, 4.69) is 38.8 Å². The van der Waals surface area contributed by atoms with E-state index in [-0.39, 0.29) is 12.6 Å². The maximum absolute atomic E-state index is 14.6. The molecule has 0 amide bonds. The lowest BCUT2D eigenvalue weighted by Crippen LogP contribution is -2.38. The number of halogens is 1. The van der Waals surface area contributed by atoms with Crippen LogP contribution in [0.1, 0.15) is 42.4 Å². The van der Waals surface area contributed by atoms with Crippen LogP contribution in [-0.2, 0) is 6.54 Å². The normalized spacial score (nSPS) is 16.9. The SMILES string of the molecule is C=C(NC(c1ccc(CN)c(F)n1)c1ncc2ccccn12)C1CCCN1C(=C)C/C(=C/N)NN. The molecule has 0 radical (unpaired) electrons.